The van der Waals surface area contributed by atoms with Gasteiger partial charge in [-0.3, -0.25) is 0 Å². The van der Waals surface area contributed by atoms with Gasteiger partial charge in [0.2, 0.25) is 0 Å². The average molecular weight is 191 g/mol. The van der Waals surface area contributed by atoms with E-state index in [-0.39, 0.29) is 6.10 Å². The van der Waals surface area contributed by atoms with Crippen molar-refractivity contribution in [2.75, 3.05) is 0 Å². The van der Waals surface area contributed by atoms with E-state index in [0.717, 1.165) is 12.8 Å². The zero-order valence-corrected chi connectivity index (χ0v) is 8.56. The zero-order chi connectivity index (χ0) is 9.23. The molecule has 0 rings (SSSR count). The van der Waals surface area contributed by atoms with Gasteiger partial charge in [0.25, 0.3) is 0 Å². The summed E-state index contributed by atoms with van der Waals surface area (Å²) in [4.78, 5) is 0. The Morgan fingerprint density at radius 2 is 1.92 bits per heavy atom. The van der Waals surface area contributed by atoms with Gasteiger partial charge in [0.1, 0.15) is 0 Å². The monoisotopic (exact) mass is 190 g/mol. The van der Waals surface area contributed by atoms with Gasteiger partial charge in [-0.2, -0.15) is 0 Å². The molecule has 0 aliphatic heterocycles. The van der Waals surface area contributed by atoms with Crippen LogP contribution >= 0.6 is 11.6 Å². The van der Waals surface area contributed by atoms with Gasteiger partial charge >= 0.3 is 0 Å². The van der Waals surface area contributed by atoms with Crippen LogP contribution in [-0.2, 0) is 0 Å². The van der Waals surface area contributed by atoms with Crippen LogP contribution in [0.5, 0.6) is 0 Å². The van der Waals surface area contributed by atoms with E-state index in [4.69, 9.17) is 11.6 Å². The molecule has 0 bridgehead atoms. The van der Waals surface area contributed by atoms with Crippen LogP contribution in [0.3, 0.4) is 0 Å². The number of hydrogen-bond donors (Lipinski definition) is 1. The topological polar surface area (TPSA) is 20.2 Å². The number of aliphatic hydroxyl groups excluding tert-OH is 1. The second-order valence-electron chi connectivity index (χ2n) is 3.09. The van der Waals surface area contributed by atoms with Crippen molar-refractivity contribution in [1.29, 1.82) is 0 Å². The van der Waals surface area contributed by atoms with Gasteiger partial charge in [0.15, 0.2) is 0 Å². The molecule has 0 unspecified atom stereocenters. The lowest BCUT2D eigenvalue weighted by Gasteiger charge is -2.03. The van der Waals surface area contributed by atoms with Crippen LogP contribution in [0, 0.1) is 0 Å². The summed E-state index contributed by atoms with van der Waals surface area (Å²) in [5, 5.41) is 9.23. The van der Waals surface area contributed by atoms with Gasteiger partial charge in [0.05, 0.1) is 6.10 Å². The summed E-state index contributed by atoms with van der Waals surface area (Å²) in [5.41, 5.74) is 1.39. The van der Waals surface area contributed by atoms with Crippen LogP contribution in [0.4, 0.5) is 0 Å². The molecule has 0 aromatic carbocycles. The minimum atomic E-state index is -0.343. The molecule has 1 atom stereocenters. The Kier molecular flexibility index (Phi) is 9.07. The number of hydrogen-bond acceptors (Lipinski definition) is 1. The van der Waals surface area contributed by atoms with Crippen molar-refractivity contribution >= 4 is 11.6 Å². The van der Waals surface area contributed by atoms with Crippen LogP contribution < -0.4 is 0 Å². The van der Waals surface area contributed by atoms with Crippen molar-refractivity contribution in [3.8, 4) is 0 Å². The molecule has 2 heteroatoms. The van der Waals surface area contributed by atoms with E-state index in [9.17, 15) is 5.11 Å². The third-order valence-corrected chi connectivity index (χ3v) is 2.04. The summed E-state index contributed by atoms with van der Waals surface area (Å²) in [6, 6.07) is 0. The number of rotatable bonds is 7. The summed E-state index contributed by atoms with van der Waals surface area (Å²) in [5.74, 6) is 0. The molecule has 0 fully saturated rings. The normalized spacial score (nSPS) is 13.9. The highest BCUT2D eigenvalue weighted by Crippen LogP contribution is 2.07. The fraction of sp³-hybridized carbons (Fsp3) is 0.800. The van der Waals surface area contributed by atoms with Gasteiger partial charge < -0.3 is 5.11 Å². The second-order valence-corrected chi connectivity index (χ2v) is 3.34. The van der Waals surface area contributed by atoms with E-state index < -0.39 is 0 Å². The fourth-order valence-corrected chi connectivity index (χ4v) is 1.31. The first-order chi connectivity index (χ1) is 5.81. The Morgan fingerprint density at radius 3 is 2.50 bits per heavy atom. The molecule has 12 heavy (non-hydrogen) atoms. The maximum atomic E-state index is 9.23. The molecule has 1 N–H and O–H groups in total. The van der Waals surface area contributed by atoms with Gasteiger partial charge in [-0.25, -0.2) is 0 Å². The van der Waals surface area contributed by atoms with Crippen LogP contribution in [0.25, 0.3) is 0 Å². The third-order valence-electron chi connectivity index (χ3n) is 1.90. The molecule has 0 aliphatic rings. The first kappa shape index (κ1) is 12.0. The predicted octanol–water partition coefficient (Wildman–Crippen LogP) is 3.46. The molecular weight excluding hydrogens is 172 g/mol. The fourth-order valence-electron chi connectivity index (χ4n) is 1.14. The zero-order valence-electron chi connectivity index (χ0n) is 7.80. The average Bonchev–Trinajstić information content (AvgIpc) is 2.05. The lowest BCUT2D eigenvalue weighted by molar-refractivity contribution is 0.208. The Balaban J connectivity index is 3.08. The molecule has 0 spiro atoms. The lowest BCUT2D eigenvalue weighted by Crippen LogP contribution is -2.00. The van der Waals surface area contributed by atoms with Crippen molar-refractivity contribution < 1.29 is 5.11 Å². The van der Waals surface area contributed by atoms with E-state index in [1.54, 1.807) is 6.08 Å². The standard InChI is InChI=1S/C10H19ClO/c1-2-3-4-5-6-7-10(12)8-9-11/h8-10,12H,2-7H2,1H3/b9-8+/t10-/m0/s1. The van der Waals surface area contributed by atoms with Crippen molar-refractivity contribution in [3.05, 3.63) is 11.6 Å². The highest BCUT2D eigenvalue weighted by molar-refractivity contribution is 6.25. The number of aliphatic hydroxyl groups is 1. The van der Waals surface area contributed by atoms with Crippen LogP contribution in [-0.4, -0.2) is 11.2 Å². The van der Waals surface area contributed by atoms with Crippen LogP contribution in [0.2, 0.25) is 0 Å². The Morgan fingerprint density at radius 1 is 1.25 bits per heavy atom. The molecule has 1 nitrogen and oxygen atoms in total. The molecule has 0 saturated heterocycles. The van der Waals surface area contributed by atoms with E-state index >= 15 is 0 Å². The number of halogens is 1. The smallest absolute Gasteiger partial charge is 0.0732 e. The van der Waals surface area contributed by atoms with E-state index in [0.29, 0.717) is 0 Å². The van der Waals surface area contributed by atoms with Crippen molar-refractivity contribution in [2.24, 2.45) is 0 Å². The molecule has 0 radical (unpaired) electrons. The van der Waals surface area contributed by atoms with Gasteiger partial charge in [-0.15, -0.1) is 0 Å². The quantitative estimate of drug-likeness (QED) is 0.610. The van der Waals surface area contributed by atoms with Gasteiger partial charge in [-0.05, 0) is 12.5 Å². The van der Waals surface area contributed by atoms with E-state index in [1.165, 1.54) is 31.2 Å². The number of unbranched alkanes of at least 4 members (excludes halogenated alkanes) is 4. The van der Waals surface area contributed by atoms with Crippen LogP contribution in [0.1, 0.15) is 45.4 Å². The Hall–Kier alpha value is -0.0100. The largest absolute Gasteiger partial charge is 0.389 e. The third kappa shape index (κ3) is 8.09. The molecular formula is C10H19ClO. The molecule has 0 heterocycles. The summed E-state index contributed by atoms with van der Waals surface area (Å²) in [6.45, 7) is 2.20. The van der Waals surface area contributed by atoms with Crippen molar-refractivity contribution in [2.45, 2.75) is 51.6 Å². The second kappa shape index (κ2) is 9.08. The highest BCUT2D eigenvalue weighted by atomic mass is 35.5. The summed E-state index contributed by atoms with van der Waals surface area (Å²) in [7, 11) is 0. The molecule has 0 aromatic rings. The summed E-state index contributed by atoms with van der Waals surface area (Å²) >= 11 is 5.32. The molecule has 0 saturated carbocycles. The Bertz CT molecular complexity index is 112. The maximum Gasteiger partial charge on any atom is 0.0732 e. The van der Waals surface area contributed by atoms with Crippen molar-refractivity contribution in [1.82, 2.24) is 0 Å². The SMILES string of the molecule is CCCCCCC[C@H](O)/C=C/Cl. The van der Waals surface area contributed by atoms with Crippen LogP contribution in [0.15, 0.2) is 11.6 Å². The highest BCUT2D eigenvalue weighted by Gasteiger charge is 1.97. The van der Waals surface area contributed by atoms with E-state index in [1.807, 2.05) is 0 Å². The summed E-state index contributed by atoms with van der Waals surface area (Å²) in [6.07, 6.45) is 8.31. The first-order valence-electron chi connectivity index (χ1n) is 4.76. The van der Waals surface area contributed by atoms with Gasteiger partial charge in [-0.1, -0.05) is 50.6 Å². The van der Waals surface area contributed by atoms with Gasteiger partial charge in [0, 0.05) is 5.54 Å². The predicted molar refractivity (Wildman–Crippen MR) is 54.4 cm³/mol. The summed E-state index contributed by atoms with van der Waals surface area (Å²) < 4.78 is 0. The molecule has 0 aliphatic carbocycles. The van der Waals surface area contributed by atoms with Crippen molar-refractivity contribution in [3.63, 3.8) is 0 Å². The molecule has 72 valence electrons. The maximum absolute atomic E-state index is 9.23. The molecule has 0 amide bonds. The molecule has 0 aromatic heterocycles. The minimum absolute atomic E-state index is 0.343. The first-order valence-corrected chi connectivity index (χ1v) is 5.19. The lowest BCUT2D eigenvalue weighted by atomic mass is 10.1. The van der Waals surface area contributed by atoms with E-state index in [2.05, 4.69) is 6.92 Å². The Labute approximate surface area is 80.4 Å². The minimum Gasteiger partial charge on any atom is -0.389 e.